The summed E-state index contributed by atoms with van der Waals surface area (Å²) in [7, 11) is 0. The molecule has 0 saturated carbocycles. The number of nitrogens with zero attached hydrogens (tertiary/aromatic N) is 2. The second kappa shape index (κ2) is 5.57. The van der Waals surface area contributed by atoms with Crippen LogP contribution in [-0.4, -0.2) is 22.1 Å². The zero-order chi connectivity index (χ0) is 13.1. The zero-order valence-corrected chi connectivity index (χ0v) is 11.5. The summed E-state index contributed by atoms with van der Waals surface area (Å²) in [5.74, 6) is 0. The quantitative estimate of drug-likeness (QED) is 0.910. The molecule has 1 unspecified atom stereocenters. The van der Waals surface area contributed by atoms with Crippen molar-refractivity contribution in [1.82, 2.24) is 14.9 Å². The largest absolute Gasteiger partial charge is 0.331 e. The van der Waals surface area contributed by atoms with Gasteiger partial charge in [-0.2, -0.15) is 0 Å². The van der Waals surface area contributed by atoms with E-state index >= 15 is 0 Å². The van der Waals surface area contributed by atoms with Gasteiger partial charge in [-0.25, -0.2) is 4.98 Å². The molecule has 19 heavy (non-hydrogen) atoms. The number of hydrogen-bond donors (Lipinski definition) is 1. The lowest BCUT2D eigenvalue weighted by atomic mass is 10.1. The molecule has 1 atom stereocenters. The van der Waals surface area contributed by atoms with Crippen LogP contribution < -0.4 is 5.32 Å². The highest BCUT2D eigenvalue weighted by Crippen LogP contribution is 2.23. The summed E-state index contributed by atoms with van der Waals surface area (Å²) in [5, 5.41) is 3.56. The molecular weight excluding hydrogens is 234 g/mol. The molecule has 0 radical (unpaired) electrons. The van der Waals surface area contributed by atoms with E-state index in [1.807, 2.05) is 12.5 Å². The third kappa shape index (κ3) is 2.71. The predicted octanol–water partition coefficient (Wildman–Crippen LogP) is 3.00. The first kappa shape index (κ1) is 12.4. The highest BCUT2D eigenvalue weighted by molar-refractivity contribution is 5.63. The summed E-state index contributed by atoms with van der Waals surface area (Å²) in [4.78, 5) is 4.33. The number of hydrogen-bond acceptors (Lipinski definition) is 2. The fourth-order valence-corrected chi connectivity index (χ4v) is 2.88. The molecule has 1 aliphatic rings. The lowest BCUT2D eigenvalue weighted by molar-refractivity contribution is 0.507. The van der Waals surface area contributed by atoms with E-state index in [1.165, 1.54) is 42.6 Å². The van der Waals surface area contributed by atoms with Gasteiger partial charge in [0.15, 0.2) is 0 Å². The minimum atomic E-state index is 0.687. The zero-order valence-electron chi connectivity index (χ0n) is 11.5. The van der Waals surface area contributed by atoms with Gasteiger partial charge in [0.2, 0.25) is 0 Å². The summed E-state index contributed by atoms with van der Waals surface area (Å²) in [6.45, 7) is 4.38. The van der Waals surface area contributed by atoms with Gasteiger partial charge in [-0.3, -0.25) is 0 Å². The van der Waals surface area contributed by atoms with Crippen LogP contribution in [0.1, 0.15) is 24.8 Å². The minimum absolute atomic E-state index is 0.687. The molecule has 1 fully saturated rings. The topological polar surface area (TPSA) is 29.9 Å². The van der Waals surface area contributed by atoms with Crippen molar-refractivity contribution in [3.8, 4) is 11.3 Å². The Morgan fingerprint density at radius 1 is 1.37 bits per heavy atom. The molecule has 1 saturated heterocycles. The molecule has 2 aromatic rings. The molecule has 0 aliphatic carbocycles. The summed E-state index contributed by atoms with van der Waals surface area (Å²) in [5.41, 5.74) is 3.83. The normalized spacial score (nSPS) is 18.9. The van der Waals surface area contributed by atoms with Gasteiger partial charge in [-0.15, -0.1) is 0 Å². The van der Waals surface area contributed by atoms with Crippen LogP contribution in [0.25, 0.3) is 11.3 Å². The summed E-state index contributed by atoms with van der Waals surface area (Å²) >= 11 is 0. The van der Waals surface area contributed by atoms with Crippen molar-refractivity contribution < 1.29 is 0 Å². The Bertz CT molecular complexity index is 538. The number of nitrogens with one attached hydrogen (secondary N) is 1. The molecule has 3 nitrogen and oxygen atoms in total. The van der Waals surface area contributed by atoms with E-state index in [1.54, 1.807) is 0 Å². The maximum atomic E-state index is 4.33. The van der Waals surface area contributed by atoms with Gasteiger partial charge in [0.05, 0.1) is 18.2 Å². The van der Waals surface area contributed by atoms with Crippen LogP contribution in [-0.2, 0) is 6.54 Å². The third-order valence-corrected chi connectivity index (χ3v) is 4.01. The first-order valence-electron chi connectivity index (χ1n) is 7.14. The number of rotatable bonds is 4. The molecule has 1 aromatic carbocycles. The van der Waals surface area contributed by atoms with Crippen molar-refractivity contribution in [2.75, 3.05) is 6.54 Å². The van der Waals surface area contributed by atoms with E-state index in [0.29, 0.717) is 6.04 Å². The Morgan fingerprint density at radius 2 is 2.26 bits per heavy atom. The van der Waals surface area contributed by atoms with Gasteiger partial charge in [0.1, 0.15) is 0 Å². The molecule has 0 amide bonds. The van der Waals surface area contributed by atoms with Gasteiger partial charge in [0, 0.05) is 18.2 Å². The van der Waals surface area contributed by atoms with Crippen LogP contribution in [0.5, 0.6) is 0 Å². The molecule has 3 rings (SSSR count). The Balaban J connectivity index is 1.76. The van der Waals surface area contributed by atoms with E-state index in [9.17, 15) is 0 Å². The highest BCUT2D eigenvalue weighted by atomic mass is 15.1. The second-order valence-corrected chi connectivity index (χ2v) is 5.37. The number of benzene rings is 1. The van der Waals surface area contributed by atoms with Gasteiger partial charge in [-0.05, 0) is 38.3 Å². The average Bonchev–Trinajstić information content (AvgIpc) is 3.08. The van der Waals surface area contributed by atoms with Crippen LogP contribution in [0.2, 0.25) is 0 Å². The molecule has 100 valence electrons. The van der Waals surface area contributed by atoms with Crippen LogP contribution in [0, 0.1) is 6.92 Å². The van der Waals surface area contributed by atoms with Gasteiger partial charge >= 0.3 is 0 Å². The monoisotopic (exact) mass is 255 g/mol. The molecule has 1 aliphatic heterocycles. The average molecular weight is 255 g/mol. The number of aryl methyl sites for hydroxylation is 2. The van der Waals surface area contributed by atoms with Crippen molar-refractivity contribution in [2.24, 2.45) is 0 Å². The van der Waals surface area contributed by atoms with Crippen molar-refractivity contribution in [2.45, 2.75) is 38.8 Å². The fraction of sp³-hybridized carbons (Fsp3) is 0.438. The van der Waals surface area contributed by atoms with Gasteiger partial charge in [-0.1, -0.05) is 24.3 Å². The smallest absolute Gasteiger partial charge is 0.0950 e. The van der Waals surface area contributed by atoms with Crippen LogP contribution in [0.15, 0.2) is 36.8 Å². The molecular formula is C16H21N3. The standard InChI is InChI=1S/C16H21N3/c1-13-5-2-3-7-15(13)16-11-17-12-19(16)10-8-14-6-4-9-18-14/h2-3,5,7,11-12,14,18H,4,6,8-10H2,1H3. The Hall–Kier alpha value is -1.61. The summed E-state index contributed by atoms with van der Waals surface area (Å²) in [6, 6.07) is 9.20. The first-order chi connectivity index (χ1) is 9.34. The van der Waals surface area contributed by atoms with Crippen LogP contribution >= 0.6 is 0 Å². The van der Waals surface area contributed by atoms with Crippen molar-refractivity contribution in [1.29, 1.82) is 0 Å². The maximum Gasteiger partial charge on any atom is 0.0950 e. The molecule has 1 N–H and O–H groups in total. The van der Waals surface area contributed by atoms with Crippen molar-refractivity contribution in [3.63, 3.8) is 0 Å². The van der Waals surface area contributed by atoms with Crippen molar-refractivity contribution in [3.05, 3.63) is 42.4 Å². The van der Waals surface area contributed by atoms with E-state index < -0.39 is 0 Å². The van der Waals surface area contributed by atoms with Gasteiger partial charge < -0.3 is 9.88 Å². The maximum absolute atomic E-state index is 4.33. The molecule has 3 heteroatoms. The second-order valence-electron chi connectivity index (χ2n) is 5.37. The lowest BCUT2D eigenvalue weighted by Gasteiger charge is -2.13. The fourth-order valence-electron chi connectivity index (χ4n) is 2.88. The van der Waals surface area contributed by atoms with Crippen LogP contribution in [0.4, 0.5) is 0 Å². The summed E-state index contributed by atoms with van der Waals surface area (Å²) < 4.78 is 2.28. The number of imidazole rings is 1. The Labute approximate surface area is 114 Å². The summed E-state index contributed by atoms with van der Waals surface area (Å²) in [6.07, 6.45) is 7.75. The minimum Gasteiger partial charge on any atom is -0.331 e. The van der Waals surface area contributed by atoms with Crippen molar-refractivity contribution >= 4 is 0 Å². The van der Waals surface area contributed by atoms with E-state index in [2.05, 4.69) is 46.1 Å². The lowest BCUT2D eigenvalue weighted by Crippen LogP contribution is -2.22. The van der Waals surface area contributed by atoms with E-state index in [-0.39, 0.29) is 0 Å². The SMILES string of the molecule is Cc1ccccc1-c1cncn1CCC1CCCN1. The van der Waals surface area contributed by atoms with Gasteiger partial charge in [0.25, 0.3) is 0 Å². The third-order valence-electron chi connectivity index (χ3n) is 4.01. The molecule has 0 bridgehead atoms. The number of aromatic nitrogens is 2. The molecule has 0 spiro atoms. The Morgan fingerprint density at radius 3 is 3.05 bits per heavy atom. The van der Waals surface area contributed by atoms with E-state index in [0.717, 1.165) is 6.54 Å². The molecule has 1 aromatic heterocycles. The van der Waals surface area contributed by atoms with E-state index in [4.69, 9.17) is 0 Å². The van der Waals surface area contributed by atoms with Crippen LogP contribution in [0.3, 0.4) is 0 Å². The predicted molar refractivity (Wildman–Crippen MR) is 78.0 cm³/mol. The highest BCUT2D eigenvalue weighted by Gasteiger charge is 2.14. The Kier molecular flexibility index (Phi) is 3.65. The molecule has 2 heterocycles. The first-order valence-corrected chi connectivity index (χ1v) is 7.14.